The summed E-state index contributed by atoms with van der Waals surface area (Å²) in [7, 11) is 0. The molecule has 1 amide bonds. The normalized spacial score (nSPS) is 15.7. The van der Waals surface area contributed by atoms with Crippen LogP contribution in [0.15, 0.2) is 39.5 Å². The Balaban J connectivity index is 1.95. The van der Waals surface area contributed by atoms with Gasteiger partial charge in [-0.2, -0.15) is 0 Å². The van der Waals surface area contributed by atoms with E-state index in [1.807, 2.05) is 0 Å². The van der Waals surface area contributed by atoms with Crippen LogP contribution < -0.4 is 10.2 Å². The lowest BCUT2D eigenvalue weighted by Crippen LogP contribution is -2.41. The number of hydrogen-bond acceptors (Lipinski definition) is 6. The number of nitrogens with zero attached hydrogens (tertiary/aromatic N) is 1. The standard InChI is InChI=1S/C20H20F3NO6/c1-12-10-16(25)18(27)19(29-12)15(11-17(26)24-6-8-28-9-7-24)13-2-4-14(5-3-13)30-20(21,22)23/h2-5,10,15,27H,6-9,11H2,1H3. The van der Waals surface area contributed by atoms with Crippen LogP contribution in [-0.2, 0) is 9.53 Å². The van der Waals surface area contributed by atoms with Crippen molar-refractivity contribution in [1.29, 1.82) is 0 Å². The SMILES string of the molecule is Cc1cc(=O)c(O)c(C(CC(=O)N2CCOCC2)c2ccc(OC(F)(F)F)cc2)o1. The number of alkyl halides is 3. The molecule has 30 heavy (non-hydrogen) atoms. The fourth-order valence-electron chi connectivity index (χ4n) is 3.24. The average Bonchev–Trinajstić information content (AvgIpc) is 2.69. The fourth-order valence-corrected chi connectivity index (χ4v) is 3.24. The number of carbonyl (C=O) groups excluding carboxylic acids is 1. The maximum Gasteiger partial charge on any atom is 0.573 e. The van der Waals surface area contributed by atoms with Crippen LogP contribution in [-0.4, -0.2) is 48.6 Å². The van der Waals surface area contributed by atoms with Crippen LogP contribution in [0.5, 0.6) is 11.5 Å². The van der Waals surface area contributed by atoms with Crippen molar-refractivity contribution >= 4 is 5.91 Å². The van der Waals surface area contributed by atoms with Crippen molar-refractivity contribution in [3.05, 3.63) is 57.6 Å². The lowest BCUT2D eigenvalue weighted by atomic mass is 9.91. The molecule has 1 aromatic carbocycles. The van der Waals surface area contributed by atoms with Gasteiger partial charge in [0.15, 0.2) is 5.76 Å². The Morgan fingerprint density at radius 3 is 2.47 bits per heavy atom. The zero-order chi connectivity index (χ0) is 21.9. The molecular weight excluding hydrogens is 407 g/mol. The third-order valence-electron chi connectivity index (χ3n) is 4.65. The van der Waals surface area contributed by atoms with Crippen molar-refractivity contribution in [3.63, 3.8) is 0 Å². The molecule has 0 spiro atoms. The molecule has 1 aromatic heterocycles. The van der Waals surface area contributed by atoms with Crippen molar-refractivity contribution in [1.82, 2.24) is 4.90 Å². The number of carbonyl (C=O) groups is 1. The van der Waals surface area contributed by atoms with Gasteiger partial charge >= 0.3 is 6.36 Å². The summed E-state index contributed by atoms with van der Waals surface area (Å²) in [5, 5.41) is 10.3. The molecule has 1 unspecified atom stereocenters. The Hall–Kier alpha value is -3.01. The summed E-state index contributed by atoms with van der Waals surface area (Å²) < 4.78 is 51.9. The van der Waals surface area contributed by atoms with Gasteiger partial charge in [-0.1, -0.05) is 12.1 Å². The van der Waals surface area contributed by atoms with Gasteiger partial charge in [0.05, 0.1) is 19.1 Å². The largest absolute Gasteiger partial charge is 0.573 e. The molecule has 2 heterocycles. The predicted molar refractivity (Wildman–Crippen MR) is 98.4 cm³/mol. The lowest BCUT2D eigenvalue weighted by Gasteiger charge is -2.28. The summed E-state index contributed by atoms with van der Waals surface area (Å²) in [6.07, 6.45) is -4.99. The van der Waals surface area contributed by atoms with Gasteiger partial charge in [0, 0.05) is 25.6 Å². The van der Waals surface area contributed by atoms with Crippen LogP contribution in [0.25, 0.3) is 0 Å². The topological polar surface area (TPSA) is 89.2 Å². The molecule has 1 aliphatic heterocycles. The molecular formula is C20H20F3NO6. The Bertz CT molecular complexity index is 948. The molecule has 0 aliphatic carbocycles. The monoisotopic (exact) mass is 427 g/mol. The van der Waals surface area contributed by atoms with E-state index in [0.717, 1.165) is 18.2 Å². The zero-order valence-corrected chi connectivity index (χ0v) is 16.1. The highest BCUT2D eigenvalue weighted by molar-refractivity contribution is 5.78. The molecule has 2 aromatic rings. The van der Waals surface area contributed by atoms with Crippen LogP contribution in [0.4, 0.5) is 13.2 Å². The minimum Gasteiger partial charge on any atom is -0.502 e. The van der Waals surface area contributed by atoms with Crippen LogP contribution in [0.3, 0.4) is 0 Å². The Kier molecular flexibility index (Phi) is 6.35. The molecule has 7 nitrogen and oxygen atoms in total. The third kappa shape index (κ3) is 5.32. The number of ether oxygens (including phenoxy) is 2. The summed E-state index contributed by atoms with van der Waals surface area (Å²) in [5.74, 6) is -2.11. The first-order chi connectivity index (χ1) is 14.1. The van der Waals surface area contributed by atoms with Gasteiger partial charge in [-0.15, -0.1) is 13.2 Å². The van der Waals surface area contributed by atoms with Gasteiger partial charge in [-0.05, 0) is 24.6 Å². The second-order valence-electron chi connectivity index (χ2n) is 6.80. The molecule has 3 rings (SSSR count). The second-order valence-corrected chi connectivity index (χ2v) is 6.80. The second kappa shape index (κ2) is 8.78. The summed E-state index contributed by atoms with van der Waals surface area (Å²) in [6, 6.07) is 5.97. The number of hydrogen-bond donors (Lipinski definition) is 1. The van der Waals surface area contributed by atoms with Crippen LogP contribution in [0.1, 0.15) is 29.4 Å². The van der Waals surface area contributed by atoms with Crippen LogP contribution >= 0.6 is 0 Å². The Morgan fingerprint density at radius 1 is 1.23 bits per heavy atom. The highest BCUT2D eigenvalue weighted by Crippen LogP contribution is 2.35. The first-order valence-corrected chi connectivity index (χ1v) is 9.19. The Labute approximate surface area is 169 Å². The van der Waals surface area contributed by atoms with E-state index in [4.69, 9.17) is 9.15 Å². The molecule has 0 bridgehead atoms. The molecule has 1 fully saturated rings. The van der Waals surface area contributed by atoms with E-state index in [1.165, 1.54) is 19.1 Å². The minimum atomic E-state index is -4.84. The summed E-state index contributed by atoms with van der Waals surface area (Å²) in [6.45, 7) is 3.10. The van der Waals surface area contributed by atoms with Crippen molar-refractivity contribution < 1.29 is 37.0 Å². The smallest absolute Gasteiger partial charge is 0.502 e. The number of aromatic hydroxyl groups is 1. The van der Waals surface area contributed by atoms with Gasteiger partial charge in [0.25, 0.3) is 0 Å². The van der Waals surface area contributed by atoms with Gasteiger partial charge in [-0.25, -0.2) is 0 Å². The number of amides is 1. The highest BCUT2D eigenvalue weighted by atomic mass is 19.4. The van der Waals surface area contributed by atoms with Gasteiger partial charge in [-0.3, -0.25) is 9.59 Å². The lowest BCUT2D eigenvalue weighted by molar-refractivity contribution is -0.274. The van der Waals surface area contributed by atoms with Gasteiger partial charge in [0.2, 0.25) is 17.1 Å². The zero-order valence-electron chi connectivity index (χ0n) is 16.1. The van der Waals surface area contributed by atoms with E-state index in [2.05, 4.69) is 4.74 Å². The van der Waals surface area contributed by atoms with E-state index in [-0.39, 0.29) is 23.8 Å². The molecule has 10 heteroatoms. The van der Waals surface area contributed by atoms with Gasteiger partial charge in [0.1, 0.15) is 11.5 Å². The number of halogens is 3. The first-order valence-electron chi connectivity index (χ1n) is 9.19. The molecule has 0 radical (unpaired) electrons. The highest BCUT2D eigenvalue weighted by Gasteiger charge is 2.32. The molecule has 1 aliphatic rings. The van der Waals surface area contributed by atoms with E-state index in [1.54, 1.807) is 4.90 Å². The maximum absolute atomic E-state index is 12.8. The van der Waals surface area contributed by atoms with Gasteiger partial charge < -0.3 is 23.9 Å². The van der Waals surface area contributed by atoms with Crippen molar-refractivity contribution in [2.24, 2.45) is 0 Å². The van der Waals surface area contributed by atoms with E-state index in [0.29, 0.717) is 31.9 Å². The Morgan fingerprint density at radius 2 is 1.87 bits per heavy atom. The summed E-state index contributed by atoms with van der Waals surface area (Å²) >= 11 is 0. The van der Waals surface area contributed by atoms with E-state index < -0.39 is 29.2 Å². The summed E-state index contributed by atoms with van der Waals surface area (Å²) in [5.41, 5.74) is -0.287. The van der Waals surface area contributed by atoms with E-state index >= 15 is 0 Å². The van der Waals surface area contributed by atoms with Crippen molar-refractivity contribution in [2.45, 2.75) is 25.6 Å². The van der Waals surface area contributed by atoms with Crippen LogP contribution in [0, 0.1) is 6.92 Å². The number of aryl methyl sites for hydroxylation is 1. The van der Waals surface area contributed by atoms with E-state index in [9.17, 15) is 27.9 Å². The maximum atomic E-state index is 12.8. The summed E-state index contributed by atoms with van der Waals surface area (Å²) in [4.78, 5) is 26.4. The third-order valence-corrected chi connectivity index (χ3v) is 4.65. The minimum absolute atomic E-state index is 0.119. The predicted octanol–water partition coefficient (Wildman–Crippen LogP) is 2.93. The van der Waals surface area contributed by atoms with Crippen molar-refractivity contribution in [3.8, 4) is 11.5 Å². The fraction of sp³-hybridized carbons (Fsp3) is 0.400. The quantitative estimate of drug-likeness (QED) is 0.789. The molecule has 1 atom stereocenters. The molecule has 162 valence electrons. The average molecular weight is 427 g/mol. The van der Waals surface area contributed by atoms with Crippen LogP contribution in [0.2, 0.25) is 0 Å². The number of rotatable bonds is 5. The van der Waals surface area contributed by atoms with Crippen molar-refractivity contribution in [2.75, 3.05) is 26.3 Å². The number of morpholine rings is 1. The molecule has 1 saturated heterocycles. The number of benzene rings is 1. The molecule has 0 saturated carbocycles. The first kappa shape index (κ1) is 21.7. The molecule has 1 N–H and O–H groups in total.